The highest BCUT2D eigenvalue weighted by molar-refractivity contribution is 7.99. The van der Waals surface area contributed by atoms with Crippen molar-refractivity contribution >= 4 is 11.8 Å². The Bertz CT molecular complexity index is 425. The highest BCUT2D eigenvalue weighted by atomic mass is 32.2. The molecule has 2 aliphatic rings. The van der Waals surface area contributed by atoms with Gasteiger partial charge in [-0.05, 0) is 55.0 Å². The Morgan fingerprint density at radius 3 is 2.75 bits per heavy atom. The smallest absolute Gasteiger partial charge is 0.0443 e. The maximum atomic E-state index is 3.75. The van der Waals surface area contributed by atoms with Crippen molar-refractivity contribution in [3.05, 3.63) is 35.4 Å². The van der Waals surface area contributed by atoms with Crippen LogP contribution in [0.4, 0.5) is 0 Å². The van der Waals surface area contributed by atoms with Crippen LogP contribution in [0.25, 0.3) is 0 Å². The summed E-state index contributed by atoms with van der Waals surface area (Å²) in [5.41, 5.74) is 3.13. The number of rotatable bonds is 5. The first kappa shape index (κ1) is 14.5. The summed E-state index contributed by atoms with van der Waals surface area (Å²) in [4.78, 5) is 0. The fourth-order valence-corrected chi connectivity index (χ4v) is 5.38. The standard InChI is InChI=1S/C18H27NS/c1-2-19-18-16-10-6-5-9-15(16)11-12-17(18)20-13-14-7-3-4-8-14/h5-6,9-10,14,17-19H,2-4,7-8,11-13H2,1H3. The van der Waals surface area contributed by atoms with Gasteiger partial charge in [0.2, 0.25) is 0 Å². The van der Waals surface area contributed by atoms with Gasteiger partial charge < -0.3 is 5.32 Å². The summed E-state index contributed by atoms with van der Waals surface area (Å²) in [5.74, 6) is 2.38. The zero-order valence-corrected chi connectivity index (χ0v) is 13.4. The number of aryl methyl sites for hydroxylation is 1. The lowest BCUT2D eigenvalue weighted by atomic mass is 9.87. The van der Waals surface area contributed by atoms with Gasteiger partial charge in [-0.3, -0.25) is 0 Å². The van der Waals surface area contributed by atoms with E-state index in [0.29, 0.717) is 6.04 Å². The third-order valence-electron chi connectivity index (χ3n) is 4.90. The highest BCUT2D eigenvalue weighted by Crippen LogP contribution is 2.39. The fourth-order valence-electron chi connectivity index (χ4n) is 3.81. The van der Waals surface area contributed by atoms with Gasteiger partial charge in [0.1, 0.15) is 0 Å². The van der Waals surface area contributed by atoms with Gasteiger partial charge in [0.05, 0.1) is 0 Å². The number of thioether (sulfide) groups is 1. The molecule has 1 saturated carbocycles. The predicted octanol–water partition coefficient (Wildman–Crippen LogP) is 4.58. The van der Waals surface area contributed by atoms with E-state index >= 15 is 0 Å². The minimum absolute atomic E-state index is 0.566. The van der Waals surface area contributed by atoms with E-state index in [1.807, 2.05) is 0 Å². The molecule has 0 radical (unpaired) electrons. The Hall–Kier alpha value is -0.470. The van der Waals surface area contributed by atoms with E-state index in [0.717, 1.165) is 17.7 Å². The first-order valence-electron chi connectivity index (χ1n) is 8.31. The molecule has 0 bridgehead atoms. The summed E-state index contributed by atoms with van der Waals surface area (Å²) >= 11 is 2.24. The molecule has 0 spiro atoms. The molecule has 1 N–H and O–H groups in total. The van der Waals surface area contributed by atoms with E-state index in [9.17, 15) is 0 Å². The van der Waals surface area contributed by atoms with Crippen LogP contribution in [0.15, 0.2) is 24.3 Å². The van der Waals surface area contributed by atoms with E-state index in [2.05, 4.69) is 48.3 Å². The molecule has 1 fully saturated rings. The largest absolute Gasteiger partial charge is 0.309 e. The Balaban J connectivity index is 1.67. The Morgan fingerprint density at radius 1 is 1.15 bits per heavy atom. The van der Waals surface area contributed by atoms with Gasteiger partial charge in [-0.2, -0.15) is 11.8 Å². The van der Waals surface area contributed by atoms with Gasteiger partial charge >= 0.3 is 0 Å². The third kappa shape index (κ3) is 3.23. The highest BCUT2D eigenvalue weighted by Gasteiger charge is 2.29. The van der Waals surface area contributed by atoms with Crippen LogP contribution in [0.3, 0.4) is 0 Å². The van der Waals surface area contributed by atoms with Crippen molar-refractivity contribution < 1.29 is 0 Å². The second-order valence-corrected chi connectivity index (χ2v) is 7.57. The topological polar surface area (TPSA) is 12.0 Å². The normalized spacial score (nSPS) is 26.6. The molecule has 1 nitrogen and oxygen atoms in total. The molecule has 1 aromatic carbocycles. The molecule has 2 unspecified atom stereocenters. The second kappa shape index (κ2) is 7.00. The second-order valence-electron chi connectivity index (χ2n) is 6.30. The monoisotopic (exact) mass is 289 g/mol. The summed E-state index contributed by atoms with van der Waals surface area (Å²) in [7, 11) is 0. The number of nitrogens with one attached hydrogen (secondary N) is 1. The maximum absolute atomic E-state index is 3.75. The van der Waals surface area contributed by atoms with Crippen molar-refractivity contribution in [2.75, 3.05) is 12.3 Å². The van der Waals surface area contributed by atoms with Crippen LogP contribution in [0.1, 0.15) is 56.2 Å². The lowest BCUT2D eigenvalue weighted by Crippen LogP contribution is -2.34. The Labute approximate surface area is 127 Å². The molecule has 3 rings (SSSR count). The van der Waals surface area contributed by atoms with Crippen LogP contribution in [0, 0.1) is 5.92 Å². The minimum Gasteiger partial charge on any atom is -0.309 e. The van der Waals surface area contributed by atoms with Gasteiger partial charge in [-0.15, -0.1) is 0 Å². The van der Waals surface area contributed by atoms with Crippen LogP contribution in [-0.2, 0) is 6.42 Å². The first-order valence-corrected chi connectivity index (χ1v) is 9.36. The average Bonchev–Trinajstić information content (AvgIpc) is 3.00. The van der Waals surface area contributed by atoms with Crippen molar-refractivity contribution in [1.82, 2.24) is 5.32 Å². The molecular formula is C18H27NS. The number of hydrogen-bond acceptors (Lipinski definition) is 2. The summed E-state index contributed by atoms with van der Waals surface area (Å²) in [6, 6.07) is 9.61. The molecule has 0 aliphatic heterocycles. The van der Waals surface area contributed by atoms with Crippen molar-refractivity contribution in [3.63, 3.8) is 0 Å². The van der Waals surface area contributed by atoms with Crippen LogP contribution in [-0.4, -0.2) is 17.5 Å². The summed E-state index contributed by atoms with van der Waals surface area (Å²) in [5, 5.41) is 4.51. The molecule has 110 valence electrons. The fraction of sp³-hybridized carbons (Fsp3) is 0.667. The van der Waals surface area contributed by atoms with Gasteiger partial charge in [0.15, 0.2) is 0 Å². The maximum Gasteiger partial charge on any atom is 0.0443 e. The Morgan fingerprint density at radius 2 is 1.95 bits per heavy atom. The lowest BCUT2D eigenvalue weighted by molar-refractivity contribution is 0.482. The van der Waals surface area contributed by atoms with E-state index < -0.39 is 0 Å². The van der Waals surface area contributed by atoms with Gasteiger partial charge in [-0.25, -0.2) is 0 Å². The van der Waals surface area contributed by atoms with Gasteiger partial charge in [0, 0.05) is 11.3 Å². The Kier molecular flexibility index (Phi) is 5.06. The molecule has 2 aliphatic carbocycles. The quantitative estimate of drug-likeness (QED) is 0.852. The molecule has 20 heavy (non-hydrogen) atoms. The first-order chi connectivity index (χ1) is 9.88. The van der Waals surface area contributed by atoms with E-state index in [1.165, 1.54) is 44.3 Å². The molecule has 2 heteroatoms. The third-order valence-corrected chi connectivity index (χ3v) is 6.50. The van der Waals surface area contributed by atoms with E-state index in [1.54, 1.807) is 11.1 Å². The molecule has 0 aromatic heterocycles. The van der Waals surface area contributed by atoms with Crippen LogP contribution in [0.5, 0.6) is 0 Å². The van der Waals surface area contributed by atoms with Crippen LogP contribution in [0.2, 0.25) is 0 Å². The lowest BCUT2D eigenvalue weighted by Gasteiger charge is -2.34. The van der Waals surface area contributed by atoms with Gasteiger partial charge in [-0.1, -0.05) is 44.0 Å². The van der Waals surface area contributed by atoms with Crippen LogP contribution < -0.4 is 5.32 Å². The number of fused-ring (bicyclic) bond motifs is 1. The van der Waals surface area contributed by atoms with E-state index in [-0.39, 0.29) is 0 Å². The molecule has 1 aromatic rings. The molecule has 0 saturated heterocycles. The average molecular weight is 289 g/mol. The van der Waals surface area contributed by atoms with Crippen molar-refractivity contribution in [2.45, 2.75) is 56.7 Å². The van der Waals surface area contributed by atoms with Crippen molar-refractivity contribution in [2.24, 2.45) is 5.92 Å². The minimum atomic E-state index is 0.566. The number of benzene rings is 1. The van der Waals surface area contributed by atoms with Crippen molar-refractivity contribution in [1.29, 1.82) is 0 Å². The van der Waals surface area contributed by atoms with Crippen LogP contribution >= 0.6 is 11.8 Å². The predicted molar refractivity (Wildman–Crippen MR) is 89.4 cm³/mol. The molecule has 2 atom stereocenters. The van der Waals surface area contributed by atoms with Gasteiger partial charge in [0.25, 0.3) is 0 Å². The molecular weight excluding hydrogens is 262 g/mol. The van der Waals surface area contributed by atoms with E-state index in [4.69, 9.17) is 0 Å². The molecule has 0 heterocycles. The summed E-state index contributed by atoms with van der Waals surface area (Å²) in [6.45, 7) is 3.30. The zero-order valence-electron chi connectivity index (χ0n) is 12.6. The molecule has 0 amide bonds. The van der Waals surface area contributed by atoms with Crippen molar-refractivity contribution in [3.8, 4) is 0 Å². The summed E-state index contributed by atoms with van der Waals surface area (Å²) < 4.78 is 0. The summed E-state index contributed by atoms with van der Waals surface area (Å²) in [6.07, 6.45) is 8.49. The zero-order chi connectivity index (χ0) is 13.8. The SMILES string of the molecule is CCNC1c2ccccc2CCC1SCC1CCCC1. The number of hydrogen-bond donors (Lipinski definition) is 1.